The third kappa shape index (κ3) is 2.39. The van der Waals surface area contributed by atoms with Crippen LogP contribution < -0.4 is 4.74 Å². The van der Waals surface area contributed by atoms with Gasteiger partial charge in [-0.15, -0.1) is 0 Å². The number of carbonyl (C=O) groups is 1. The summed E-state index contributed by atoms with van der Waals surface area (Å²) in [5.41, 5.74) is 3.28. The standard InChI is InChI=1S/C19H14N2O2S/c1-23-15-9-7-14(8-10-15)18-16(12-22)21-11-17(24-19(21)20-18)13-5-3-2-4-6-13/h2-12H,1H3. The van der Waals surface area contributed by atoms with Gasteiger partial charge in [-0.05, 0) is 29.8 Å². The van der Waals surface area contributed by atoms with Crippen molar-refractivity contribution in [2.75, 3.05) is 7.11 Å². The molecular weight excluding hydrogens is 320 g/mol. The van der Waals surface area contributed by atoms with E-state index in [1.807, 2.05) is 53.1 Å². The van der Waals surface area contributed by atoms with Crippen molar-refractivity contribution in [1.82, 2.24) is 9.38 Å². The molecule has 118 valence electrons. The molecular formula is C19H14N2O2S. The summed E-state index contributed by atoms with van der Waals surface area (Å²) in [5.74, 6) is 0.777. The van der Waals surface area contributed by atoms with Crippen LogP contribution in [0.15, 0.2) is 60.8 Å². The maximum atomic E-state index is 11.7. The van der Waals surface area contributed by atoms with E-state index in [1.165, 1.54) is 0 Å². The van der Waals surface area contributed by atoms with Crippen molar-refractivity contribution in [1.29, 1.82) is 0 Å². The first-order valence-electron chi connectivity index (χ1n) is 7.47. The van der Waals surface area contributed by atoms with Gasteiger partial charge in [0.15, 0.2) is 11.2 Å². The van der Waals surface area contributed by atoms with Gasteiger partial charge in [0.2, 0.25) is 0 Å². The summed E-state index contributed by atoms with van der Waals surface area (Å²) in [5, 5.41) is 0. The lowest BCUT2D eigenvalue weighted by Crippen LogP contribution is -1.90. The first kappa shape index (κ1) is 14.7. The van der Waals surface area contributed by atoms with Crippen LogP contribution in [0.3, 0.4) is 0 Å². The van der Waals surface area contributed by atoms with Crippen molar-refractivity contribution in [3.63, 3.8) is 0 Å². The van der Waals surface area contributed by atoms with Crippen LogP contribution in [0, 0.1) is 0 Å². The van der Waals surface area contributed by atoms with Gasteiger partial charge in [0.05, 0.1) is 12.0 Å². The van der Waals surface area contributed by atoms with Crippen LogP contribution >= 0.6 is 11.3 Å². The number of rotatable bonds is 4. The minimum atomic E-state index is 0.564. The van der Waals surface area contributed by atoms with Crippen LogP contribution in [0.4, 0.5) is 0 Å². The lowest BCUT2D eigenvalue weighted by Gasteiger charge is -2.02. The van der Waals surface area contributed by atoms with E-state index in [4.69, 9.17) is 4.74 Å². The minimum absolute atomic E-state index is 0.564. The van der Waals surface area contributed by atoms with Crippen molar-refractivity contribution in [3.05, 3.63) is 66.5 Å². The SMILES string of the molecule is COc1ccc(-c2nc3sc(-c4ccccc4)cn3c2C=O)cc1. The Morgan fingerprint density at radius 2 is 1.79 bits per heavy atom. The van der Waals surface area contributed by atoms with E-state index in [1.54, 1.807) is 18.4 Å². The van der Waals surface area contributed by atoms with E-state index in [0.29, 0.717) is 11.4 Å². The molecule has 0 atom stereocenters. The average molecular weight is 334 g/mol. The van der Waals surface area contributed by atoms with Crippen LogP contribution in [-0.2, 0) is 0 Å². The number of carbonyl (C=O) groups excluding carboxylic acids is 1. The highest BCUT2D eigenvalue weighted by atomic mass is 32.1. The van der Waals surface area contributed by atoms with Crippen molar-refractivity contribution in [2.45, 2.75) is 0 Å². The monoisotopic (exact) mass is 334 g/mol. The molecule has 0 amide bonds. The summed E-state index contributed by atoms with van der Waals surface area (Å²) in [6, 6.07) is 17.7. The number of aldehydes is 1. The van der Waals surface area contributed by atoms with E-state index in [-0.39, 0.29) is 0 Å². The topological polar surface area (TPSA) is 43.6 Å². The molecule has 4 rings (SSSR count). The predicted octanol–water partition coefficient (Wildman–Crippen LogP) is 4.55. The molecule has 0 N–H and O–H groups in total. The molecule has 0 aliphatic rings. The summed E-state index contributed by atoms with van der Waals surface area (Å²) in [6.45, 7) is 0. The Bertz CT molecular complexity index is 1000. The van der Waals surface area contributed by atoms with Crippen LogP contribution in [0.2, 0.25) is 0 Å². The third-order valence-electron chi connectivity index (χ3n) is 3.90. The summed E-state index contributed by atoms with van der Waals surface area (Å²) in [6.07, 6.45) is 2.83. The second kappa shape index (κ2) is 5.94. The Balaban J connectivity index is 1.83. The highest BCUT2D eigenvalue weighted by Gasteiger charge is 2.16. The molecule has 2 heterocycles. The number of methoxy groups -OCH3 is 1. The number of thiazole rings is 1. The van der Waals surface area contributed by atoms with Gasteiger partial charge in [-0.25, -0.2) is 4.98 Å². The molecule has 4 nitrogen and oxygen atoms in total. The van der Waals surface area contributed by atoms with Gasteiger partial charge >= 0.3 is 0 Å². The van der Waals surface area contributed by atoms with Crippen molar-refractivity contribution in [2.24, 2.45) is 0 Å². The van der Waals surface area contributed by atoms with Crippen LogP contribution in [0.5, 0.6) is 5.75 Å². The fraction of sp³-hybridized carbons (Fsp3) is 0.0526. The Kier molecular flexibility index (Phi) is 3.63. The van der Waals surface area contributed by atoms with Crippen molar-refractivity contribution in [3.8, 4) is 27.4 Å². The Morgan fingerprint density at radius 1 is 1.04 bits per heavy atom. The number of ether oxygens (including phenoxy) is 1. The lowest BCUT2D eigenvalue weighted by molar-refractivity contribution is 0.111. The zero-order valence-corrected chi connectivity index (χ0v) is 13.8. The molecule has 0 aliphatic heterocycles. The molecule has 0 bridgehead atoms. The number of hydrogen-bond donors (Lipinski definition) is 0. The van der Waals surface area contributed by atoms with Crippen molar-refractivity contribution < 1.29 is 9.53 Å². The van der Waals surface area contributed by atoms with Gasteiger partial charge in [0, 0.05) is 11.8 Å². The summed E-state index contributed by atoms with van der Waals surface area (Å²) >= 11 is 1.57. The van der Waals surface area contributed by atoms with Gasteiger partial charge in [-0.1, -0.05) is 41.7 Å². The second-order valence-corrected chi connectivity index (χ2v) is 6.32. The van der Waals surface area contributed by atoms with Gasteiger partial charge in [0.25, 0.3) is 0 Å². The van der Waals surface area contributed by atoms with E-state index in [0.717, 1.165) is 33.0 Å². The third-order valence-corrected chi connectivity index (χ3v) is 4.93. The molecule has 0 spiro atoms. The van der Waals surface area contributed by atoms with Gasteiger partial charge in [-0.2, -0.15) is 0 Å². The fourth-order valence-corrected chi connectivity index (χ4v) is 3.67. The average Bonchev–Trinajstić information content (AvgIpc) is 3.20. The lowest BCUT2D eigenvalue weighted by atomic mass is 10.1. The first-order valence-corrected chi connectivity index (χ1v) is 8.28. The van der Waals surface area contributed by atoms with E-state index in [2.05, 4.69) is 17.1 Å². The van der Waals surface area contributed by atoms with Crippen LogP contribution in [-0.4, -0.2) is 22.8 Å². The molecule has 0 saturated heterocycles. The molecule has 2 aromatic heterocycles. The van der Waals surface area contributed by atoms with E-state index in [9.17, 15) is 4.79 Å². The van der Waals surface area contributed by atoms with Gasteiger partial charge in [-0.3, -0.25) is 9.20 Å². The number of imidazole rings is 1. The number of fused-ring (bicyclic) bond motifs is 1. The Morgan fingerprint density at radius 3 is 2.46 bits per heavy atom. The molecule has 24 heavy (non-hydrogen) atoms. The van der Waals surface area contributed by atoms with E-state index < -0.39 is 0 Å². The predicted molar refractivity (Wildman–Crippen MR) is 95.9 cm³/mol. The zero-order valence-electron chi connectivity index (χ0n) is 13.0. The highest BCUT2D eigenvalue weighted by molar-refractivity contribution is 7.20. The Hall–Kier alpha value is -2.92. The van der Waals surface area contributed by atoms with Crippen molar-refractivity contribution >= 4 is 22.6 Å². The number of hydrogen-bond acceptors (Lipinski definition) is 4. The molecule has 5 heteroatoms. The largest absolute Gasteiger partial charge is 0.497 e. The zero-order chi connectivity index (χ0) is 16.5. The molecule has 2 aromatic carbocycles. The van der Waals surface area contributed by atoms with Crippen LogP contribution in [0.1, 0.15) is 10.5 Å². The molecule has 0 fully saturated rings. The molecule has 0 radical (unpaired) electrons. The molecule has 0 unspecified atom stereocenters. The van der Waals surface area contributed by atoms with Crippen LogP contribution in [0.25, 0.3) is 26.7 Å². The van der Waals surface area contributed by atoms with E-state index >= 15 is 0 Å². The number of nitrogens with zero attached hydrogens (tertiary/aromatic N) is 2. The maximum absolute atomic E-state index is 11.7. The quantitative estimate of drug-likeness (QED) is 0.514. The normalized spacial score (nSPS) is 10.9. The Labute approximate surface area is 143 Å². The summed E-state index contributed by atoms with van der Waals surface area (Å²) in [7, 11) is 1.63. The summed E-state index contributed by atoms with van der Waals surface area (Å²) in [4.78, 5) is 18.2. The molecule has 0 saturated carbocycles. The number of benzene rings is 2. The number of aromatic nitrogens is 2. The maximum Gasteiger partial charge on any atom is 0.195 e. The molecule has 4 aromatic rings. The molecule has 0 aliphatic carbocycles. The van der Waals surface area contributed by atoms with Gasteiger partial charge < -0.3 is 4.74 Å². The van der Waals surface area contributed by atoms with Gasteiger partial charge in [0.1, 0.15) is 17.1 Å². The minimum Gasteiger partial charge on any atom is -0.497 e. The second-order valence-electron chi connectivity index (χ2n) is 5.31. The first-order chi connectivity index (χ1) is 11.8. The highest BCUT2D eigenvalue weighted by Crippen LogP contribution is 2.33. The summed E-state index contributed by atoms with van der Waals surface area (Å²) < 4.78 is 7.04. The smallest absolute Gasteiger partial charge is 0.195 e. The fourth-order valence-electron chi connectivity index (χ4n) is 2.67.